The number of hydrogen-bond acceptors (Lipinski definition) is 2. The molecule has 64 heavy (non-hydrogen) atoms. The van der Waals surface area contributed by atoms with Gasteiger partial charge in [0.2, 0.25) is 0 Å². The van der Waals surface area contributed by atoms with Crippen molar-refractivity contribution in [2.75, 3.05) is 4.90 Å². The topological polar surface area (TPSA) is 8.17 Å². The first-order valence-corrected chi connectivity index (χ1v) is 22.9. The Kier molecular flexibility index (Phi) is 7.51. The first-order chi connectivity index (χ1) is 31.8. The van der Waals surface area contributed by atoms with E-state index in [1.807, 2.05) is 11.3 Å². The minimum Gasteiger partial charge on any atom is -0.310 e. The van der Waals surface area contributed by atoms with Crippen LogP contribution < -0.4 is 4.90 Å². The fourth-order valence-electron chi connectivity index (χ4n) is 11.4. The Labute approximate surface area is 375 Å². The van der Waals surface area contributed by atoms with Crippen molar-refractivity contribution in [3.8, 4) is 39.1 Å². The van der Waals surface area contributed by atoms with Crippen LogP contribution in [0.15, 0.2) is 231 Å². The molecule has 1 aliphatic heterocycles. The first kappa shape index (κ1) is 35.6. The number of thiophene rings is 1. The van der Waals surface area contributed by atoms with Gasteiger partial charge in [-0.15, -0.1) is 11.3 Å². The zero-order chi connectivity index (χ0) is 41.9. The normalized spacial score (nSPS) is 14.6. The monoisotopic (exact) mass is 830 g/mol. The molecule has 0 saturated heterocycles. The largest absolute Gasteiger partial charge is 0.310 e. The van der Waals surface area contributed by atoms with E-state index in [-0.39, 0.29) is 0 Å². The quantitative estimate of drug-likeness (QED) is 0.168. The Morgan fingerprint density at radius 1 is 0.359 bits per heavy atom. The number of aromatic nitrogens is 1. The average Bonchev–Trinajstić information content (AvgIpc) is 4.01. The van der Waals surface area contributed by atoms with E-state index in [9.17, 15) is 0 Å². The summed E-state index contributed by atoms with van der Waals surface area (Å²) in [5.41, 5.74) is 19.3. The molecule has 3 heterocycles. The van der Waals surface area contributed by atoms with Gasteiger partial charge in [-0.05, 0) is 117 Å². The van der Waals surface area contributed by atoms with E-state index in [2.05, 4.69) is 240 Å². The Balaban J connectivity index is 0.969. The minimum atomic E-state index is -0.510. The number of fused-ring (bicyclic) bond motifs is 15. The molecule has 1 atom stereocenters. The predicted octanol–water partition coefficient (Wildman–Crippen LogP) is 16.6. The van der Waals surface area contributed by atoms with E-state index in [0.717, 1.165) is 17.1 Å². The highest BCUT2D eigenvalue weighted by Crippen LogP contribution is 2.61. The van der Waals surface area contributed by atoms with E-state index < -0.39 is 5.41 Å². The van der Waals surface area contributed by atoms with E-state index in [4.69, 9.17) is 0 Å². The fourth-order valence-corrected chi connectivity index (χ4v) is 12.5. The van der Waals surface area contributed by atoms with Crippen LogP contribution in [0, 0.1) is 0 Å². The Hall–Kier alpha value is -7.98. The summed E-state index contributed by atoms with van der Waals surface area (Å²) in [6, 6.07) is 85.8. The summed E-state index contributed by atoms with van der Waals surface area (Å²) in [5, 5.41) is 5.19. The Morgan fingerprint density at radius 3 is 1.92 bits per heavy atom. The molecule has 0 saturated carbocycles. The van der Waals surface area contributed by atoms with Crippen LogP contribution >= 0.6 is 11.3 Å². The van der Waals surface area contributed by atoms with Crippen LogP contribution in [0.2, 0.25) is 0 Å². The van der Waals surface area contributed by atoms with Crippen LogP contribution in [0.3, 0.4) is 0 Å². The van der Waals surface area contributed by atoms with Gasteiger partial charge in [-0.2, -0.15) is 0 Å². The number of benzene rings is 10. The Morgan fingerprint density at radius 2 is 1.00 bits per heavy atom. The van der Waals surface area contributed by atoms with Crippen molar-refractivity contribution < 1.29 is 0 Å². The lowest BCUT2D eigenvalue weighted by Gasteiger charge is -2.39. The maximum Gasteiger partial charge on any atom is 0.0754 e. The highest BCUT2D eigenvalue weighted by Gasteiger charge is 2.50. The molecular formula is C61H38N2S. The molecule has 14 rings (SSSR count). The number of anilines is 3. The second-order valence-electron chi connectivity index (χ2n) is 17.2. The lowest BCUT2D eigenvalue weighted by molar-refractivity contribution is 0.749. The first-order valence-electron chi connectivity index (χ1n) is 22.1. The molecule has 1 spiro atoms. The van der Waals surface area contributed by atoms with Gasteiger partial charge in [0.05, 0.1) is 27.8 Å². The lowest BCUT2D eigenvalue weighted by Crippen LogP contribution is -2.33. The van der Waals surface area contributed by atoms with Gasteiger partial charge in [0, 0.05) is 47.9 Å². The maximum atomic E-state index is 2.52. The van der Waals surface area contributed by atoms with Gasteiger partial charge in [-0.1, -0.05) is 164 Å². The summed E-state index contributed by atoms with van der Waals surface area (Å²) < 4.78 is 5.15. The van der Waals surface area contributed by atoms with Gasteiger partial charge in [0.25, 0.3) is 0 Å². The maximum absolute atomic E-state index is 2.52. The van der Waals surface area contributed by atoms with Crippen molar-refractivity contribution in [2.45, 2.75) is 5.41 Å². The van der Waals surface area contributed by atoms with E-state index >= 15 is 0 Å². The molecule has 2 aromatic heterocycles. The van der Waals surface area contributed by atoms with Gasteiger partial charge in [-0.3, -0.25) is 0 Å². The molecule has 10 aromatic carbocycles. The zero-order valence-corrected chi connectivity index (χ0v) is 35.6. The molecular weight excluding hydrogens is 793 g/mol. The molecule has 0 fully saturated rings. The summed E-state index contributed by atoms with van der Waals surface area (Å²) in [7, 11) is 0. The van der Waals surface area contributed by atoms with Crippen LogP contribution in [0.25, 0.3) is 81.0 Å². The lowest BCUT2D eigenvalue weighted by atomic mass is 9.65. The van der Waals surface area contributed by atoms with E-state index in [1.54, 1.807) is 0 Å². The predicted molar refractivity (Wildman–Crippen MR) is 270 cm³/mol. The third kappa shape index (κ3) is 4.85. The number of rotatable bonds is 5. The number of para-hydroxylation sites is 5. The van der Waals surface area contributed by atoms with Crippen molar-refractivity contribution in [3.63, 3.8) is 0 Å². The summed E-state index contributed by atoms with van der Waals surface area (Å²) in [5.74, 6) is 0. The van der Waals surface area contributed by atoms with Gasteiger partial charge >= 0.3 is 0 Å². The second kappa shape index (κ2) is 13.5. The zero-order valence-electron chi connectivity index (χ0n) is 34.7. The van der Waals surface area contributed by atoms with Gasteiger partial charge in [0.15, 0.2) is 0 Å². The van der Waals surface area contributed by atoms with Gasteiger partial charge in [0.1, 0.15) is 0 Å². The molecule has 12 aromatic rings. The molecule has 298 valence electrons. The molecule has 0 bridgehead atoms. The number of nitrogens with zero attached hydrogens (tertiary/aromatic N) is 2. The van der Waals surface area contributed by atoms with Crippen LogP contribution in [0.4, 0.5) is 17.1 Å². The van der Waals surface area contributed by atoms with E-state index in [0.29, 0.717) is 0 Å². The molecule has 3 heteroatoms. The summed E-state index contributed by atoms with van der Waals surface area (Å²) in [6.07, 6.45) is 0. The SMILES string of the molecule is c1ccc(N(c2cccc(-c3ccc4c(c3)C3(c5ccccc5-4)c4ccccc4-n4c5ccccc5c5cccc3c54)c2)c2ccccc2-c2ccc3sc4ccccc4c3c2)cc1. The van der Waals surface area contributed by atoms with Gasteiger partial charge < -0.3 is 9.47 Å². The third-order valence-electron chi connectivity index (χ3n) is 14.0. The summed E-state index contributed by atoms with van der Waals surface area (Å²) >= 11 is 1.86. The van der Waals surface area contributed by atoms with Gasteiger partial charge in [-0.25, -0.2) is 0 Å². The fraction of sp³-hybridized carbons (Fsp3) is 0.0164. The van der Waals surface area contributed by atoms with Crippen LogP contribution in [0.5, 0.6) is 0 Å². The molecule has 1 unspecified atom stereocenters. The molecule has 2 nitrogen and oxygen atoms in total. The Bertz CT molecular complexity index is 3870. The standard InChI is InChI=1S/C61H38N2S/c1-2-17-42(18-3-1)62(55-28-10-5-20-44(55)41-33-35-59-50(37-41)48-23-7-13-31-58(48)64-59)43-19-14-16-39(36-43)40-32-34-46-45-21-4-8-25-51(45)61(54(46)38-40)52-26-9-12-30-57(52)63-56-29-11-6-22-47(56)49-24-15-27-53(61)60(49)63/h1-38H. The molecule has 0 amide bonds. The molecule has 1 aliphatic carbocycles. The van der Waals surface area contributed by atoms with Crippen LogP contribution in [-0.2, 0) is 5.41 Å². The number of hydrogen-bond donors (Lipinski definition) is 0. The van der Waals surface area contributed by atoms with E-state index in [1.165, 1.54) is 103 Å². The van der Waals surface area contributed by atoms with Crippen molar-refractivity contribution >= 4 is 70.4 Å². The highest BCUT2D eigenvalue weighted by atomic mass is 32.1. The summed E-state index contributed by atoms with van der Waals surface area (Å²) in [4.78, 5) is 2.43. The minimum absolute atomic E-state index is 0.510. The van der Waals surface area contributed by atoms with Crippen LogP contribution in [0.1, 0.15) is 22.3 Å². The molecule has 0 N–H and O–H groups in total. The van der Waals surface area contributed by atoms with Crippen molar-refractivity contribution in [1.82, 2.24) is 4.57 Å². The van der Waals surface area contributed by atoms with Crippen molar-refractivity contribution in [1.29, 1.82) is 0 Å². The average molecular weight is 831 g/mol. The molecule has 0 radical (unpaired) electrons. The molecule has 2 aliphatic rings. The third-order valence-corrected chi connectivity index (χ3v) is 15.1. The summed E-state index contributed by atoms with van der Waals surface area (Å²) in [6.45, 7) is 0. The highest BCUT2D eigenvalue weighted by molar-refractivity contribution is 7.25. The second-order valence-corrected chi connectivity index (χ2v) is 18.3. The van der Waals surface area contributed by atoms with Crippen LogP contribution in [-0.4, -0.2) is 4.57 Å². The smallest absolute Gasteiger partial charge is 0.0754 e. The van der Waals surface area contributed by atoms with Crippen molar-refractivity contribution in [3.05, 3.63) is 253 Å². The van der Waals surface area contributed by atoms with Crippen molar-refractivity contribution in [2.24, 2.45) is 0 Å².